The molecule has 0 fully saturated rings. The van der Waals surface area contributed by atoms with Crippen LogP contribution in [0, 0.1) is 12.8 Å². The van der Waals surface area contributed by atoms with E-state index in [4.69, 9.17) is 0 Å². The van der Waals surface area contributed by atoms with Gasteiger partial charge in [0.2, 0.25) is 0 Å². The maximum absolute atomic E-state index is 13.4. The number of thioether (sulfide) groups is 1. The molecular weight excluding hydrogens is 345 g/mol. The van der Waals surface area contributed by atoms with E-state index in [1.54, 1.807) is 6.08 Å². The topological polar surface area (TPSA) is 24.9 Å². The smallest absolute Gasteiger partial charge is 0.378 e. The molecule has 1 heterocycles. The van der Waals surface area contributed by atoms with Crippen LogP contribution >= 0.6 is 11.8 Å². The third-order valence-corrected chi connectivity index (χ3v) is 4.99. The Morgan fingerprint density at radius 3 is 2.72 bits per heavy atom. The second-order valence-electron chi connectivity index (χ2n) is 6.06. The lowest BCUT2D eigenvalue weighted by atomic mass is 9.88. The predicted molar refractivity (Wildman–Crippen MR) is 99.0 cm³/mol. The quantitative estimate of drug-likeness (QED) is 0.790. The fourth-order valence-corrected chi connectivity index (χ4v) is 3.86. The Labute approximate surface area is 149 Å². The standard InChI is InChI=1S/C19H19F3N2S/c1-12-9-10-13-16(23-12)7-4-8-17(13)24-18-6-3-5-15(19(20,21)22)14(18)11-25-2/h3-10,14,18,24H,11H2,1-2H3. The van der Waals surface area contributed by atoms with Crippen LogP contribution in [0.2, 0.25) is 0 Å². The summed E-state index contributed by atoms with van der Waals surface area (Å²) in [5, 5.41) is 4.21. The van der Waals surface area contributed by atoms with Gasteiger partial charge in [-0.3, -0.25) is 4.98 Å². The monoisotopic (exact) mass is 364 g/mol. The molecule has 2 aromatic rings. The number of aryl methyl sites for hydroxylation is 1. The van der Waals surface area contributed by atoms with Gasteiger partial charge < -0.3 is 5.32 Å². The Morgan fingerprint density at radius 1 is 1.20 bits per heavy atom. The summed E-state index contributed by atoms with van der Waals surface area (Å²) >= 11 is 1.42. The maximum atomic E-state index is 13.4. The molecule has 1 aliphatic carbocycles. The minimum Gasteiger partial charge on any atom is -0.378 e. The molecule has 3 rings (SSSR count). The molecule has 1 aromatic carbocycles. The third kappa shape index (κ3) is 3.84. The van der Waals surface area contributed by atoms with Crippen LogP contribution in [-0.4, -0.2) is 29.2 Å². The largest absolute Gasteiger partial charge is 0.413 e. The van der Waals surface area contributed by atoms with Gasteiger partial charge in [0.1, 0.15) is 0 Å². The van der Waals surface area contributed by atoms with Crippen molar-refractivity contribution in [2.45, 2.75) is 19.1 Å². The number of nitrogens with one attached hydrogen (secondary N) is 1. The van der Waals surface area contributed by atoms with Crippen LogP contribution in [0.25, 0.3) is 10.9 Å². The SMILES string of the molecule is CSCC1C(C(F)(F)F)=CC=CC1Nc1cccc2nc(C)ccc12. The molecule has 0 aliphatic heterocycles. The van der Waals surface area contributed by atoms with Crippen molar-refractivity contribution in [2.24, 2.45) is 5.92 Å². The third-order valence-electron chi connectivity index (χ3n) is 4.29. The van der Waals surface area contributed by atoms with Gasteiger partial charge in [-0.1, -0.05) is 24.3 Å². The maximum Gasteiger partial charge on any atom is 0.413 e. The lowest BCUT2D eigenvalue weighted by Crippen LogP contribution is -2.36. The Morgan fingerprint density at radius 2 is 2.00 bits per heavy atom. The zero-order valence-corrected chi connectivity index (χ0v) is 14.8. The van der Waals surface area contributed by atoms with Crippen molar-refractivity contribution in [1.29, 1.82) is 0 Å². The van der Waals surface area contributed by atoms with E-state index in [0.717, 1.165) is 22.3 Å². The molecule has 2 atom stereocenters. The molecule has 1 aliphatic rings. The fourth-order valence-electron chi connectivity index (χ4n) is 3.12. The number of halogens is 3. The zero-order valence-electron chi connectivity index (χ0n) is 14.0. The first kappa shape index (κ1) is 17.9. The summed E-state index contributed by atoms with van der Waals surface area (Å²) < 4.78 is 40.1. The van der Waals surface area contributed by atoms with Crippen molar-refractivity contribution in [2.75, 3.05) is 17.3 Å². The average Bonchev–Trinajstić information content (AvgIpc) is 2.55. The van der Waals surface area contributed by atoms with E-state index in [2.05, 4.69) is 10.3 Å². The molecule has 25 heavy (non-hydrogen) atoms. The van der Waals surface area contributed by atoms with Gasteiger partial charge >= 0.3 is 6.18 Å². The van der Waals surface area contributed by atoms with Crippen LogP contribution in [0.5, 0.6) is 0 Å². The lowest BCUT2D eigenvalue weighted by molar-refractivity contribution is -0.0985. The van der Waals surface area contributed by atoms with Crippen LogP contribution < -0.4 is 5.32 Å². The van der Waals surface area contributed by atoms with Crippen LogP contribution in [0.15, 0.2) is 54.1 Å². The van der Waals surface area contributed by atoms with Gasteiger partial charge in [-0.15, -0.1) is 0 Å². The average molecular weight is 364 g/mol. The summed E-state index contributed by atoms with van der Waals surface area (Å²) in [4.78, 5) is 4.49. The first-order valence-electron chi connectivity index (χ1n) is 7.97. The molecule has 0 saturated heterocycles. The molecule has 6 heteroatoms. The highest BCUT2D eigenvalue weighted by molar-refractivity contribution is 7.98. The first-order valence-corrected chi connectivity index (χ1v) is 9.37. The number of nitrogens with zero attached hydrogens (tertiary/aromatic N) is 1. The van der Waals surface area contributed by atoms with Crippen LogP contribution in [-0.2, 0) is 0 Å². The van der Waals surface area contributed by atoms with Crippen molar-refractivity contribution in [1.82, 2.24) is 4.98 Å². The molecule has 0 radical (unpaired) electrons. The van der Waals surface area contributed by atoms with E-state index in [-0.39, 0.29) is 0 Å². The highest BCUT2D eigenvalue weighted by Gasteiger charge is 2.41. The minimum atomic E-state index is -4.32. The Kier molecular flexibility index (Phi) is 5.08. The molecule has 0 saturated carbocycles. The minimum absolute atomic E-state index is 0.398. The number of alkyl halides is 3. The van der Waals surface area contributed by atoms with E-state index < -0.39 is 23.7 Å². The summed E-state index contributed by atoms with van der Waals surface area (Å²) in [6, 6.07) is 9.11. The predicted octanol–water partition coefficient (Wildman–Crippen LogP) is 5.36. The summed E-state index contributed by atoms with van der Waals surface area (Å²) in [6.07, 6.45) is 1.99. The van der Waals surface area contributed by atoms with Crippen molar-refractivity contribution in [3.63, 3.8) is 0 Å². The number of pyridine rings is 1. The van der Waals surface area contributed by atoms with E-state index in [0.29, 0.717) is 5.75 Å². The number of hydrogen-bond acceptors (Lipinski definition) is 3. The second kappa shape index (κ2) is 7.12. The van der Waals surface area contributed by atoms with E-state index in [1.807, 2.05) is 43.5 Å². The molecular formula is C19H19F3N2S. The summed E-state index contributed by atoms with van der Waals surface area (Å²) in [5.41, 5.74) is 2.06. The van der Waals surface area contributed by atoms with Crippen molar-refractivity contribution in [3.8, 4) is 0 Å². The normalized spacial score (nSPS) is 20.6. The Hall–Kier alpha value is -1.95. The van der Waals surface area contributed by atoms with Crippen molar-refractivity contribution >= 4 is 28.4 Å². The molecule has 0 bridgehead atoms. The Bertz CT molecular complexity index is 827. The van der Waals surface area contributed by atoms with Gasteiger partial charge in [0.05, 0.1) is 11.6 Å². The van der Waals surface area contributed by atoms with E-state index in [9.17, 15) is 13.2 Å². The summed E-state index contributed by atoms with van der Waals surface area (Å²) in [6.45, 7) is 1.92. The summed E-state index contributed by atoms with van der Waals surface area (Å²) in [7, 11) is 0. The molecule has 2 nitrogen and oxygen atoms in total. The molecule has 2 unspecified atom stereocenters. The van der Waals surface area contributed by atoms with Gasteiger partial charge in [0.15, 0.2) is 0 Å². The van der Waals surface area contributed by atoms with E-state index >= 15 is 0 Å². The lowest BCUT2D eigenvalue weighted by Gasteiger charge is -2.31. The highest BCUT2D eigenvalue weighted by atomic mass is 32.2. The van der Waals surface area contributed by atoms with Gasteiger partial charge in [-0.05, 0) is 37.4 Å². The zero-order chi connectivity index (χ0) is 18.0. The van der Waals surface area contributed by atoms with Gasteiger partial charge in [-0.2, -0.15) is 24.9 Å². The van der Waals surface area contributed by atoms with Crippen LogP contribution in [0.3, 0.4) is 0 Å². The fraction of sp³-hybridized carbons (Fsp3) is 0.316. The molecule has 132 valence electrons. The number of aromatic nitrogens is 1. The van der Waals surface area contributed by atoms with E-state index in [1.165, 1.54) is 23.9 Å². The van der Waals surface area contributed by atoms with Crippen LogP contribution in [0.1, 0.15) is 5.69 Å². The number of benzene rings is 1. The van der Waals surface area contributed by atoms with Gasteiger partial charge in [0.25, 0.3) is 0 Å². The molecule has 0 spiro atoms. The highest BCUT2D eigenvalue weighted by Crippen LogP contribution is 2.38. The van der Waals surface area contributed by atoms with Crippen LogP contribution in [0.4, 0.5) is 18.9 Å². The molecule has 1 aromatic heterocycles. The Balaban J connectivity index is 1.94. The van der Waals surface area contributed by atoms with Gasteiger partial charge in [0, 0.05) is 34.0 Å². The molecule has 1 N–H and O–H groups in total. The number of rotatable bonds is 4. The second-order valence-corrected chi connectivity index (χ2v) is 6.97. The molecule has 0 amide bonds. The first-order chi connectivity index (χ1) is 11.9. The number of fused-ring (bicyclic) bond motifs is 1. The summed E-state index contributed by atoms with van der Waals surface area (Å²) in [5.74, 6) is -0.233. The number of hydrogen-bond donors (Lipinski definition) is 1. The number of allylic oxidation sites excluding steroid dienone is 2. The van der Waals surface area contributed by atoms with Gasteiger partial charge in [-0.25, -0.2) is 0 Å². The number of anilines is 1. The van der Waals surface area contributed by atoms with Crippen molar-refractivity contribution < 1.29 is 13.2 Å². The van der Waals surface area contributed by atoms with Crippen molar-refractivity contribution in [3.05, 3.63) is 59.8 Å².